The third-order valence-electron chi connectivity index (χ3n) is 3.22. The maximum Gasteiger partial charge on any atom is 0.131 e. The minimum absolute atomic E-state index is 0.244. The Morgan fingerprint density at radius 1 is 1.11 bits per heavy atom. The number of ketones is 1. The van der Waals surface area contributed by atoms with Crippen molar-refractivity contribution in [1.29, 1.82) is 0 Å². The van der Waals surface area contributed by atoms with Gasteiger partial charge in [0.15, 0.2) is 0 Å². The third kappa shape index (κ3) is 2.70. The van der Waals surface area contributed by atoms with E-state index < -0.39 is 0 Å². The van der Waals surface area contributed by atoms with Crippen LogP contribution in [0.1, 0.15) is 20.3 Å². The molecular formula is C16H19NO. The van der Waals surface area contributed by atoms with Crippen molar-refractivity contribution in [2.75, 3.05) is 18.0 Å². The van der Waals surface area contributed by atoms with Crippen LogP contribution in [0, 0.1) is 0 Å². The number of hydrogen-bond donors (Lipinski definition) is 0. The fourth-order valence-corrected chi connectivity index (χ4v) is 2.23. The second-order valence-electron chi connectivity index (χ2n) is 4.53. The van der Waals surface area contributed by atoms with E-state index in [1.807, 2.05) is 0 Å². The lowest BCUT2D eigenvalue weighted by molar-refractivity contribution is -0.116. The molecule has 0 atom stereocenters. The monoisotopic (exact) mass is 241 g/mol. The molecule has 2 nitrogen and oxygen atoms in total. The predicted octanol–water partition coefficient (Wildman–Crippen LogP) is 3.65. The molecule has 0 fully saturated rings. The van der Waals surface area contributed by atoms with Crippen LogP contribution in [0.2, 0.25) is 0 Å². The zero-order valence-electron chi connectivity index (χ0n) is 11.0. The predicted molar refractivity (Wildman–Crippen MR) is 77.1 cm³/mol. The van der Waals surface area contributed by atoms with Gasteiger partial charge in [-0.2, -0.15) is 0 Å². The highest BCUT2D eigenvalue weighted by Crippen LogP contribution is 2.26. The summed E-state index contributed by atoms with van der Waals surface area (Å²) >= 11 is 0. The molecule has 0 aliphatic carbocycles. The molecule has 18 heavy (non-hydrogen) atoms. The van der Waals surface area contributed by atoms with E-state index in [4.69, 9.17) is 0 Å². The van der Waals surface area contributed by atoms with Crippen molar-refractivity contribution in [1.82, 2.24) is 0 Å². The number of rotatable bonds is 5. The summed E-state index contributed by atoms with van der Waals surface area (Å²) in [7, 11) is 0. The summed E-state index contributed by atoms with van der Waals surface area (Å²) in [6, 6.07) is 14.7. The van der Waals surface area contributed by atoms with E-state index in [0.29, 0.717) is 6.42 Å². The first-order valence-electron chi connectivity index (χ1n) is 6.44. The Morgan fingerprint density at radius 2 is 1.83 bits per heavy atom. The Hall–Kier alpha value is -1.83. The van der Waals surface area contributed by atoms with Gasteiger partial charge in [0.25, 0.3) is 0 Å². The van der Waals surface area contributed by atoms with Crippen LogP contribution < -0.4 is 4.90 Å². The SMILES string of the molecule is CCN(CCC(C)=O)c1cccc2ccccc12. The molecule has 0 aromatic heterocycles. The van der Waals surface area contributed by atoms with Gasteiger partial charge in [0.2, 0.25) is 0 Å². The zero-order valence-corrected chi connectivity index (χ0v) is 11.0. The molecule has 0 saturated carbocycles. The molecule has 0 amide bonds. The van der Waals surface area contributed by atoms with Gasteiger partial charge in [-0.25, -0.2) is 0 Å². The van der Waals surface area contributed by atoms with Crippen molar-refractivity contribution >= 4 is 22.2 Å². The lowest BCUT2D eigenvalue weighted by Gasteiger charge is -2.24. The Kier molecular flexibility index (Phi) is 3.98. The molecule has 2 aromatic rings. The van der Waals surface area contributed by atoms with E-state index in [2.05, 4.69) is 54.3 Å². The Balaban J connectivity index is 2.35. The largest absolute Gasteiger partial charge is 0.371 e. The summed E-state index contributed by atoms with van der Waals surface area (Å²) in [4.78, 5) is 13.4. The summed E-state index contributed by atoms with van der Waals surface area (Å²) in [5.74, 6) is 0.244. The van der Waals surface area contributed by atoms with Crippen LogP contribution in [0.3, 0.4) is 0 Å². The molecule has 2 heteroatoms. The number of fused-ring (bicyclic) bond motifs is 1. The van der Waals surface area contributed by atoms with E-state index in [1.165, 1.54) is 16.5 Å². The summed E-state index contributed by atoms with van der Waals surface area (Å²) < 4.78 is 0. The number of carbonyl (C=O) groups excluding carboxylic acids is 1. The van der Waals surface area contributed by atoms with Gasteiger partial charge in [0, 0.05) is 30.6 Å². The topological polar surface area (TPSA) is 20.3 Å². The van der Waals surface area contributed by atoms with Crippen molar-refractivity contribution in [2.45, 2.75) is 20.3 Å². The minimum atomic E-state index is 0.244. The lowest BCUT2D eigenvalue weighted by atomic mass is 10.1. The van der Waals surface area contributed by atoms with Crippen LogP contribution in [-0.4, -0.2) is 18.9 Å². The number of anilines is 1. The first kappa shape index (κ1) is 12.6. The highest BCUT2D eigenvalue weighted by molar-refractivity contribution is 5.94. The highest BCUT2D eigenvalue weighted by atomic mass is 16.1. The standard InChI is InChI=1S/C16H19NO/c1-3-17(12-11-13(2)18)16-10-6-8-14-7-4-5-9-15(14)16/h4-10H,3,11-12H2,1-2H3. The van der Waals surface area contributed by atoms with Crippen LogP contribution in [0.5, 0.6) is 0 Å². The van der Waals surface area contributed by atoms with Crippen molar-refractivity contribution in [2.24, 2.45) is 0 Å². The molecule has 2 rings (SSSR count). The maximum atomic E-state index is 11.1. The summed E-state index contributed by atoms with van der Waals surface area (Å²) in [6.45, 7) is 5.49. The average Bonchev–Trinajstić information content (AvgIpc) is 2.39. The van der Waals surface area contributed by atoms with Crippen LogP contribution in [0.4, 0.5) is 5.69 Å². The molecule has 94 valence electrons. The van der Waals surface area contributed by atoms with E-state index >= 15 is 0 Å². The Labute approximate surface area is 108 Å². The second-order valence-corrected chi connectivity index (χ2v) is 4.53. The molecule has 0 unspecified atom stereocenters. The zero-order chi connectivity index (χ0) is 13.0. The van der Waals surface area contributed by atoms with Gasteiger partial charge in [-0.15, -0.1) is 0 Å². The second kappa shape index (κ2) is 5.67. The van der Waals surface area contributed by atoms with E-state index in [-0.39, 0.29) is 5.78 Å². The number of benzene rings is 2. The van der Waals surface area contributed by atoms with Crippen molar-refractivity contribution in [3.8, 4) is 0 Å². The summed E-state index contributed by atoms with van der Waals surface area (Å²) in [6.07, 6.45) is 0.608. The number of hydrogen-bond acceptors (Lipinski definition) is 2. The maximum absolute atomic E-state index is 11.1. The molecule has 0 bridgehead atoms. The minimum Gasteiger partial charge on any atom is -0.371 e. The summed E-state index contributed by atoms with van der Waals surface area (Å²) in [5, 5.41) is 2.50. The number of Topliss-reactive ketones (excluding diaryl/α,β-unsaturated/α-hetero) is 1. The first-order chi connectivity index (χ1) is 8.72. The van der Waals surface area contributed by atoms with Crippen molar-refractivity contribution < 1.29 is 4.79 Å². The Bertz CT molecular complexity index is 542. The van der Waals surface area contributed by atoms with Crippen LogP contribution in [0.25, 0.3) is 10.8 Å². The van der Waals surface area contributed by atoms with Crippen LogP contribution >= 0.6 is 0 Å². The molecule has 2 aromatic carbocycles. The van der Waals surface area contributed by atoms with Crippen molar-refractivity contribution in [3.63, 3.8) is 0 Å². The smallest absolute Gasteiger partial charge is 0.131 e. The highest BCUT2D eigenvalue weighted by Gasteiger charge is 2.08. The molecule has 0 spiro atoms. The molecule has 0 aliphatic heterocycles. The van der Waals surface area contributed by atoms with E-state index in [9.17, 15) is 4.79 Å². The van der Waals surface area contributed by atoms with E-state index in [1.54, 1.807) is 6.92 Å². The molecule has 0 heterocycles. The van der Waals surface area contributed by atoms with Crippen LogP contribution in [-0.2, 0) is 4.79 Å². The van der Waals surface area contributed by atoms with Gasteiger partial charge < -0.3 is 4.90 Å². The molecule has 0 aliphatic rings. The lowest BCUT2D eigenvalue weighted by Crippen LogP contribution is -2.25. The van der Waals surface area contributed by atoms with E-state index in [0.717, 1.165) is 13.1 Å². The molecule has 0 radical (unpaired) electrons. The quantitative estimate of drug-likeness (QED) is 0.796. The molecule has 0 N–H and O–H groups in total. The van der Waals surface area contributed by atoms with Crippen LogP contribution in [0.15, 0.2) is 42.5 Å². The van der Waals surface area contributed by atoms with Gasteiger partial charge >= 0.3 is 0 Å². The van der Waals surface area contributed by atoms with Gasteiger partial charge in [0.1, 0.15) is 5.78 Å². The van der Waals surface area contributed by atoms with Gasteiger partial charge in [-0.1, -0.05) is 36.4 Å². The third-order valence-corrected chi connectivity index (χ3v) is 3.22. The Morgan fingerprint density at radius 3 is 2.56 bits per heavy atom. The van der Waals surface area contributed by atoms with Gasteiger partial charge in [-0.3, -0.25) is 4.79 Å². The fraction of sp³-hybridized carbons (Fsp3) is 0.312. The summed E-state index contributed by atoms with van der Waals surface area (Å²) in [5.41, 5.74) is 1.22. The number of carbonyl (C=O) groups is 1. The molecule has 0 saturated heterocycles. The first-order valence-corrected chi connectivity index (χ1v) is 6.44. The van der Waals surface area contributed by atoms with Gasteiger partial charge in [0.05, 0.1) is 0 Å². The molecular weight excluding hydrogens is 222 g/mol. The fourth-order valence-electron chi connectivity index (χ4n) is 2.23. The normalized spacial score (nSPS) is 10.6. The van der Waals surface area contributed by atoms with Crippen molar-refractivity contribution in [3.05, 3.63) is 42.5 Å². The van der Waals surface area contributed by atoms with Gasteiger partial charge in [-0.05, 0) is 25.3 Å². The number of nitrogens with zero attached hydrogens (tertiary/aromatic N) is 1. The average molecular weight is 241 g/mol.